The van der Waals surface area contributed by atoms with Crippen LogP contribution >= 0.6 is 23.2 Å². The van der Waals surface area contributed by atoms with Gasteiger partial charge in [-0.3, -0.25) is 4.79 Å². The predicted octanol–water partition coefficient (Wildman–Crippen LogP) is 2.23. The standard InChI is InChI=1S/C15H17Cl2N5O2/c1-2-18-15(24)20-6-5-19-14(23)13-8-22(9-21-13)10-3-4-11(16)12(17)7-10/h3-4,7-9H,2,5-6H2,1H3,(H,19,23)(H2,18,20,24). The Morgan fingerprint density at radius 1 is 1.12 bits per heavy atom. The monoisotopic (exact) mass is 369 g/mol. The van der Waals surface area contributed by atoms with Gasteiger partial charge in [-0.2, -0.15) is 0 Å². The van der Waals surface area contributed by atoms with Crippen molar-refractivity contribution in [1.82, 2.24) is 25.5 Å². The minimum atomic E-state index is -0.327. The topological polar surface area (TPSA) is 88.0 Å². The molecule has 0 radical (unpaired) electrons. The molecule has 2 rings (SSSR count). The van der Waals surface area contributed by atoms with Crippen LogP contribution in [0.4, 0.5) is 4.79 Å². The molecule has 0 bridgehead atoms. The third-order valence-electron chi connectivity index (χ3n) is 3.05. The number of carbonyl (C=O) groups is 2. The number of nitrogens with zero attached hydrogens (tertiary/aromatic N) is 2. The number of hydrogen-bond acceptors (Lipinski definition) is 3. The van der Waals surface area contributed by atoms with Crippen molar-refractivity contribution in [2.24, 2.45) is 0 Å². The maximum atomic E-state index is 12.0. The molecule has 3 amide bonds. The van der Waals surface area contributed by atoms with Crippen LogP contribution in [0.3, 0.4) is 0 Å². The molecule has 2 aromatic rings. The fraction of sp³-hybridized carbons (Fsp3) is 0.267. The largest absolute Gasteiger partial charge is 0.349 e. The van der Waals surface area contributed by atoms with Gasteiger partial charge in [0.15, 0.2) is 0 Å². The third-order valence-corrected chi connectivity index (χ3v) is 3.79. The first-order chi connectivity index (χ1) is 11.5. The summed E-state index contributed by atoms with van der Waals surface area (Å²) in [4.78, 5) is 27.3. The Balaban J connectivity index is 1.89. The third kappa shape index (κ3) is 4.87. The fourth-order valence-electron chi connectivity index (χ4n) is 1.89. The number of halogens is 2. The highest BCUT2D eigenvalue weighted by atomic mass is 35.5. The average Bonchev–Trinajstić information content (AvgIpc) is 3.04. The van der Waals surface area contributed by atoms with E-state index in [1.165, 1.54) is 6.33 Å². The lowest BCUT2D eigenvalue weighted by atomic mass is 10.3. The quantitative estimate of drug-likeness (QED) is 0.682. The summed E-state index contributed by atoms with van der Waals surface area (Å²) in [7, 11) is 0. The van der Waals surface area contributed by atoms with E-state index in [1.807, 2.05) is 6.92 Å². The first kappa shape index (κ1) is 18.1. The van der Waals surface area contributed by atoms with Crippen LogP contribution in [0.2, 0.25) is 10.0 Å². The smallest absolute Gasteiger partial charge is 0.314 e. The molecule has 1 aromatic carbocycles. The number of urea groups is 1. The van der Waals surface area contributed by atoms with E-state index < -0.39 is 0 Å². The highest BCUT2D eigenvalue weighted by molar-refractivity contribution is 6.42. The van der Waals surface area contributed by atoms with E-state index >= 15 is 0 Å². The first-order valence-electron chi connectivity index (χ1n) is 7.30. The molecule has 0 saturated carbocycles. The second kappa shape index (κ2) is 8.56. The number of imidazole rings is 1. The predicted molar refractivity (Wildman–Crippen MR) is 93.0 cm³/mol. The van der Waals surface area contributed by atoms with Gasteiger partial charge in [0, 0.05) is 31.5 Å². The molecule has 0 saturated heterocycles. The lowest BCUT2D eigenvalue weighted by Gasteiger charge is -2.06. The molecule has 1 aromatic heterocycles. The zero-order valence-electron chi connectivity index (χ0n) is 13.0. The summed E-state index contributed by atoms with van der Waals surface area (Å²) in [5.74, 6) is -0.327. The summed E-state index contributed by atoms with van der Waals surface area (Å²) >= 11 is 11.9. The molecule has 0 spiro atoms. The van der Waals surface area contributed by atoms with E-state index in [9.17, 15) is 9.59 Å². The highest BCUT2D eigenvalue weighted by Gasteiger charge is 2.10. The highest BCUT2D eigenvalue weighted by Crippen LogP contribution is 2.24. The summed E-state index contributed by atoms with van der Waals surface area (Å²) in [5.41, 5.74) is 1.01. The number of rotatable bonds is 6. The van der Waals surface area contributed by atoms with E-state index in [0.717, 1.165) is 5.69 Å². The Hall–Kier alpha value is -2.25. The number of nitrogens with one attached hydrogen (secondary N) is 3. The van der Waals surface area contributed by atoms with Crippen molar-refractivity contribution in [1.29, 1.82) is 0 Å². The van der Waals surface area contributed by atoms with Crippen molar-refractivity contribution in [2.75, 3.05) is 19.6 Å². The molecule has 0 aliphatic rings. The van der Waals surface area contributed by atoms with Gasteiger partial charge >= 0.3 is 6.03 Å². The second-order valence-electron chi connectivity index (χ2n) is 4.81. The van der Waals surface area contributed by atoms with Gasteiger partial charge in [0.2, 0.25) is 0 Å². The molecule has 1 heterocycles. The summed E-state index contributed by atoms with van der Waals surface area (Å²) < 4.78 is 1.67. The van der Waals surface area contributed by atoms with Gasteiger partial charge in [-0.1, -0.05) is 23.2 Å². The summed E-state index contributed by atoms with van der Waals surface area (Å²) in [6.45, 7) is 3.00. The molecule has 0 unspecified atom stereocenters. The average molecular weight is 370 g/mol. The van der Waals surface area contributed by atoms with E-state index in [1.54, 1.807) is 29.0 Å². The summed E-state index contributed by atoms with van der Waals surface area (Å²) in [5, 5.41) is 8.77. The number of aromatic nitrogens is 2. The van der Waals surface area contributed by atoms with Crippen LogP contribution in [0.15, 0.2) is 30.7 Å². The summed E-state index contributed by atoms with van der Waals surface area (Å²) in [6.07, 6.45) is 3.10. The van der Waals surface area contributed by atoms with Gasteiger partial charge in [-0.25, -0.2) is 9.78 Å². The lowest BCUT2D eigenvalue weighted by molar-refractivity contribution is 0.0949. The van der Waals surface area contributed by atoms with Crippen molar-refractivity contribution < 1.29 is 9.59 Å². The van der Waals surface area contributed by atoms with Gasteiger partial charge in [-0.15, -0.1) is 0 Å². The number of hydrogen-bond donors (Lipinski definition) is 3. The van der Waals surface area contributed by atoms with Crippen LogP contribution in [0.1, 0.15) is 17.4 Å². The minimum Gasteiger partial charge on any atom is -0.349 e. The van der Waals surface area contributed by atoms with Crippen LogP contribution in [0.5, 0.6) is 0 Å². The zero-order chi connectivity index (χ0) is 17.5. The zero-order valence-corrected chi connectivity index (χ0v) is 14.5. The molecular formula is C15H17Cl2N5O2. The Kier molecular flexibility index (Phi) is 6.45. The number of carbonyl (C=O) groups excluding carboxylic acids is 2. The molecule has 3 N–H and O–H groups in total. The van der Waals surface area contributed by atoms with Crippen molar-refractivity contribution in [3.8, 4) is 5.69 Å². The normalized spacial score (nSPS) is 10.3. The van der Waals surface area contributed by atoms with Crippen LogP contribution in [0.25, 0.3) is 5.69 Å². The van der Waals surface area contributed by atoms with Crippen molar-refractivity contribution in [3.63, 3.8) is 0 Å². The Morgan fingerprint density at radius 2 is 1.88 bits per heavy atom. The number of benzene rings is 1. The fourth-order valence-corrected chi connectivity index (χ4v) is 2.18. The van der Waals surface area contributed by atoms with Crippen molar-refractivity contribution in [2.45, 2.75) is 6.92 Å². The van der Waals surface area contributed by atoms with Crippen LogP contribution in [0, 0.1) is 0 Å². The second-order valence-corrected chi connectivity index (χ2v) is 5.62. The van der Waals surface area contributed by atoms with Crippen LogP contribution < -0.4 is 16.0 Å². The Labute approximate surface area is 149 Å². The molecule has 0 aliphatic carbocycles. The van der Waals surface area contributed by atoms with Gasteiger partial charge in [0.1, 0.15) is 12.0 Å². The Bertz CT molecular complexity index is 732. The maximum absolute atomic E-state index is 12.0. The van der Waals surface area contributed by atoms with Gasteiger partial charge in [-0.05, 0) is 25.1 Å². The van der Waals surface area contributed by atoms with Crippen LogP contribution in [-0.2, 0) is 0 Å². The summed E-state index contributed by atoms with van der Waals surface area (Å²) in [6, 6.07) is 4.86. The molecule has 9 heteroatoms. The molecule has 128 valence electrons. The van der Waals surface area contributed by atoms with Gasteiger partial charge in [0.25, 0.3) is 5.91 Å². The minimum absolute atomic E-state index is 0.263. The molecule has 0 aliphatic heterocycles. The van der Waals surface area contributed by atoms with Crippen molar-refractivity contribution in [3.05, 3.63) is 46.5 Å². The Morgan fingerprint density at radius 3 is 2.58 bits per heavy atom. The van der Waals surface area contributed by atoms with Gasteiger partial charge < -0.3 is 20.5 Å². The molecule has 0 atom stereocenters. The number of amides is 3. The van der Waals surface area contributed by atoms with E-state index in [0.29, 0.717) is 29.7 Å². The van der Waals surface area contributed by atoms with E-state index in [4.69, 9.17) is 23.2 Å². The molecular weight excluding hydrogens is 353 g/mol. The molecule has 24 heavy (non-hydrogen) atoms. The lowest BCUT2D eigenvalue weighted by Crippen LogP contribution is -2.40. The van der Waals surface area contributed by atoms with E-state index in [-0.39, 0.29) is 17.6 Å². The van der Waals surface area contributed by atoms with Crippen molar-refractivity contribution >= 4 is 35.1 Å². The van der Waals surface area contributed by atoms with E-state index in [2.05, 4.69) is 20.9 Å². The molecule has 7 nitrogen and oxygen atoms in total. The van der Waals surface area contributed by atoms with Crippen LogP contribution in [-0.4, -0.2) is 41.1 Å². The maximum Gasteiger partial charge on any atom is 0.314 e. The van der Waals surface area contributed by atoms with Gasteiger partial charge in [0.05, 0.1) is 10.0 Å². The molecule has 0 fully saturated rings. The first-order valence-corrected chi connectivity index (χ1v) is 8.06. The SMILES string of the molecule is CCNC(=O)NCCNC(=O)c1cn(-c2ccc(Cl)c(Cl)c2)cn1.